The zero-order valence-corrected chi connectivity index (χ0v) is 12.0. The first-order valence-electron chi connectivity index (χ1n) is 5.79. The number of hydrogen-bond donors (Lipinski definition) is 2. The summed E-state index contributed by atoms with van der Waals surface area (Å²) in [5, 5.41) is 13.1. The van der Waals surface area contributed by atoms with Gasteiger partial charge in [0.1, 0.15) is 17.2 Å². The maximum Gasteiger partial charge on any atom is 0.313 e. The predicted octanol–water partition coefficient (Wildman–Crippen LogP) is 2.92. The predicted molar refractivity (Wildman–Crippen MR) is 79.2 cm³/mol. The van der Waals surface area contributed by atoms with Crippen LogP contribution in [0.4, 0.5) is 5.82 Å². The molecule has 0 aliphatic carbocycles. The molecule has 2 N–H and O–H groups in total. The number of carbonyl (C=O) groups is 1. The largest absolute Gasteiger partial charge is 0.481 e. The van der Waals surface area contributed by atoms with Gasteiger partial charge in [0.25, 0.3) is 0 Å². The Morgan fingerprint density at radius 3 is 2.90 bits per heavy atom. The lowest BCUT2D eigenvalue weighted by atomic mass is 10.2. The van der Waals surface area contributed by atoms with Gasteiger partial charge >= 0.3 is 5.97 Å². The van der Waals surface area contributed by atoms with Gasteiger partial charge in [-0.15, -0.1) is 0 Å². The van der Waals surface area contributed by atoms with Crippen LogP contribution >= 0.6 is 23.4 Å². The van der Waals surface area contributed by atoms with E-state index < -0.39 is 5.97 Å². The van der Waals surface area contributed by atoms with Crippen LogP contribution in [0.3, 0.4) is 0 Å². The van der Waals surface area contributed by atoms with Crippen LogP contribution in [-0.2, 0) is 11.3 Å². The Kier molecular flexibility index (Phi) is 5.20. The number of halogens is 1. The molecule has 0 aliphatic heterocycles. The number of thioether (sulfide) groups is 1. The minimum absolute atomic E-state index is 0.0268. The molecule has 0 unspecified atom stereocenters. The summed E-state index contributed by atoms with van der Waals surface area (Å²) in [6.07, 6.45) is 1.40. The second-order valence-electron chi connectivity index (χ2n) is 3.87. The van der Waals surface area contributed by atoms with Crippen molar-refractivity contribution in [3.05, 3.63) is 47.2 Å². The van der Waals surface area contributed by atoms with Gasteiger partial charge in [-0.05, 0) is 11.6 Å². The number of hydrogen-bond acceptors (Lipinski definition) is 5. The molecule has 1 heterocycles. The van der Waals surface area contributed by atoms with Gasteiger partial charge in [0.2, 0.25) is 0 Å². The van der Waals surface area contributed by atoms with Crippen molar-refractivity contribution in [2.45, 2.75) is 11.6 Å². The summed E-state index contributed by atoms with van der Waals surface area (Å²) < 4.78 is 0. The summed E-state index contributed by atoms with van der Waals surface area (Å²) in [5.74, 6) is -0.270. The number of carboxylic acids is 1. The number of benzene rings is 1. The van der Waals surface area contributed by atoms with E-state index in [9.17, 15) is 4.79 Å². The molecule has 2 aromatic rings. The van der Waals surface area contributed by atoms with Crippen LogP contribution in [0.2, 0.25) is 5.02 Å². The summed E-state index contributed by atoms with van der Waals surface area (Å²) in [6, 6.07) is 9.25. The maximum absolute atomic E-state index is 10.5. The van der Waals surface area contributed by atoms with E-state index >= 15 is 0 Å². The molecule has 1 aromatic carbocycles. The second-order valence-corrected chi connectivity index (χ2v) is 5.27. The van der Waals surface area contributed by atoms with Crippen LogP contribution in [0.25, 0.3) is 0 Å². The molecule has 104 valence electrons. The fourth-order valence-electron chi connectivity index (χ4n) is 1.48. The van der Waals surface area contributed by atoms with E-state index in [2.05, 4.69) is 15.3 Å². The molecule has 0 aliphatic rings. The van der Waals surface area contributed by atoms with E-state index in [0.29, 0.717) is 22.4 Å². The Hall–Kier alpha value is -1.79. The highest BCUT2D eigenvalue weighted by Gasteiger charge is 2.04. The third-order valence-corrected chi connectivity index (χ3v) is 3.68. The van der Waals surface area contributed by atoms with Crippen LogP contribution in [0.5, 0.6) is 0 Å². The molecular weight excluding hydrogens is 298 g/mol. The van der Waals surface area contributed by atoms with E-state index in [0.717, 1.165) is 17.3 Å². The van der Waals surface area contributed by atoms with Crippen LogP contribution in [0.15, 0.2) is 41.7 Å². The van der Waals surface area contributed by atoms with Crippen molar-refractivity contribution in [1.29, 1.82) is 0 Å². The van der Waals surface area contributed by atoms with Gasteiger partial charge in [0, 0.05) is 17.6 Å². The van der Waals surface area contributed by atoms with Gasteiger partial charge in [0.05, 0.1) is 5.75 Å². The lowest BCUT2D eigenvalue weighted by molar-refractivity contribution is -0.133. The Morgan fingerprint density at radius 1 is 1.35 bits per heavy atom. The van der Waals surface area contributed by atoms with E-state index in [1.807, 2.05) is 24.3 Å². The average Bonchev–Trinajstić information content (AvgIpc) is 2.45. The standard InChI is InChI=1S/C13H12ClN3O2S/c14-10-4-2-1-3-9(10)6-15-11-5-12(17-8-16-11)20-7-13(18)19/h1-5,8H,6-7H2,(H,18,19)(H,15,16,17). The van der Waals surface area contributed by atoms with Crippen LogP contribution < -0.4 is 5.32 Å². The Bertz CT molecular complexity index is 610. The lowest BCUT2D eigenvalue weighted by Crippen LogP contribution is -2.03. The van der Waals surface area contributed by atoms with E-state index in [1.165, 1.54) is 6.33 Å². The zero-order valence-electron chi connectivity index (χ0n) is 10.4. The van der Waals surface area contributed by atoms with Crippen molar-refractivity contribution in [2.75, 3.05) is 11.1 Å². The number of carboxylic acid groups (broad SMARTS) is 1. The summed E-state index contributed by atoms with van der Waals surface area (Å²) in [5.41, 5.74) is 0.965. The van der Waals surface area contributed by atoms with Gasteiger partial charge in [-0.1, -0.05) is 41.6 Å². The number of nitrogens with one attached hydrogen (secondary N) is 1. The van der Waals surface area contributed by atoms with Crippen molar-refractivity contribution in [1.82, 2.24) is 9.97 Å². The van der Waals surface area contributed by atoms with Gasteiger partial charge in [-0.2, -0.15) is 0 Å². The highest BCUT2D eigenvalue weighted by atomic mass is 35.5. The number of aromatic nitrogens is 2. The third kappa shape index (κ3) is 4.40. The topological polar surface area (TPSA) is 75.1 Å². The van der Waals surface area contributed by atoms with Crippen molar-refractivity contribution in [3.63, 3.8) is 0 Å². The Morgan fingerprint density at radius 2 is 2.15 bits per heavy atom. The molecule has 0 spiro atoms. The van der Waals surface area contributed by atoms with E-state index in [1.54, 1.807) is 6.07 Å². The summed E-state index contributed by atoms with van der Waals surface area (Å²) >= 11 is 7.21. The molecule has 0 amide bonds. The first-order chi connectivity index (χ1) is 9.65. The van der Waals surface area contributed by atoms with Crippen molar-refractivity contribution >= 4 is 35.1 Å². The second kappa shape index (κ2) is 7.12. The van der Waals surface area contributed by atoms with Gasteiger partial charge in [-0.3, -0.25) is 4.79 Å². The highest BCUT2D eigenvalue weighted by Crippen LogP contribution is 2.19. The third-order valence-electron chi connectivity index (χ3n) is 2.40. The van der Waals surface area contributed by atoms with Gasteiger partial charge in [0.15, 0.2) is 0 Å². The lowest BCUT2D eigenvalue weighted by Gasteiger charge is -2.07. The SMILES string of the molecule is O=C(O)CSc1cc(NCc2ccccc2Cl)ncn1. The van der Waals surface area contributed by atoms with Crippen molar-refractivity contribution in [2.24, 2.45) is 0 Å². The summed E-state index contributed by atoms with van der Waals surface area (Å²) in [4.78, 5) is 18.6. The molecule has 0 bridgehead atoms. The summed E-state index contributed by atoms with van der Waals surface area (Å²) in [7, 11) is 0. The quantitative estimate of drug-likeness (QED) is 0.631. The van der Waals surface area contributed by atoms with Crippen molar-refractivity contribution < 1.29 is 9.90 Å². The molecule has 0 saturated heterocycles. The average molecular weight is 310 g/mol. The highest BCUT2D eigenvalue weighted by molar-refractivity contribution is 7.99. The fraction of sp³-hybridized carbons (Fsp3) is 0.154. The minimum atomic E-state index is -0.876. The van der Waals surface area contributed by atoms with Crippen LogP contribution in [0, 0.1) is 0 Å². The fourth-order valence-corrected chi connectivity index (χ4v) is 2.27. The van der Waals surface area contributed by atoms with Gasteiger partial charge in [-0.25, -0.2) is 9.97 Å². The molecule has 2 rings (SSSR count). The van der Waals surface area contributed by atoms with E-state index in [4.69, 9.17) is 16.7 Å². The number of anilines is 1. The van der Waals surface area contributed by atoms with Crippen molar-refractivity contribution in [3.8, 4) is 0 Å². The Labute approximate surface area is 125 Å². The number of nitrogens with zero attached hydrogens (tertiary/aromatic N) is 2. The van der Waals surface area contributed by atoms with Crippen LogP contribution in [0.1, 0.15) is 5.56 Å². The first-order valence-corrected chi connectivity index (χ1v) is 7.15. The smallest absolute Gasteiger partial charge is 0.313 e. The number of aliphatic carboxylic acids is 1. The van der Waals surface area contributed by atoms with Crippen LogP contribution in [-0.4, -0.2) is 26.8 Å². The zero-order chi connectivity index (χ0) is 14.4. The molecular formula is C13H12ClN3O2S. The molecule has 1 aromatic heterocycles. The Balaban J connectivity index is 1.98. The minimum Gasteiger partial charge on any atom is -0.481 e. The molecule has 0 fully saturated rings. The molecule has 0 atom stereocenters. The first kappa shape index (κ1) is 14.6. The normalized spacial score (nSPS) is 10.2. The van der Waals surface area contributed by atoms with E-state index in [-0.39, 0.29) is 5.75 Å². The summed E-state index contributed by atoms with van der Waals surface area (Å²) in [6.45, 7) is 0.541. The molecule has 5 nitrogen and oxygen atoms in total. The number of rotatable bonds is 6. The maximum atomic E-state index is 10.5. The van der Waals surface area contributed by atoms with Gasteiger partial charge < -0.3 is 10.4 Å². The monoisotopic (exact) mass is 309 g/mol. The molecule has 7 heteroatoms. The molecule has 20 heavy (non-hydrogen) atoms. The molecule has 0 radical (unpaired) electrons. The molecule has 0 saturated carbocycles.